The van der Waals surface area contributed by atoms with Crippen molar-refractivity contribution in [3.8, 4) is 11.5 Å². The van der Waals surface area contributed by atoms with Crippen LogP contribution in [0.2, 0.25) is 0 Å². The van der Waals surface area contributed by atoms with Crippen molar-refractivity contribution in [2.24, 2.45) is 0 Å². The normalized spacial score (nSPS) is 11.0. The number of rotatable bonds is 6. The van der Waals surface area contributed by atoms with E-state index in [4.69, 9.17) is 9.47 Å². The molecule has 0 aliphatic carbocycles. The predicted molar refractivity (Wildman–Crippen MR) is 117 cm³/mol. The van der Waals surface area contributed by atoms with Crippen LogP contribution in [-0.2, 0) is 12.7 Å². The predicted octanol–water partition coefficient (Wildman–Crippen LogP) is 3.89. The Bertz CT molecular complexity index is 1270. The van der Waals surface area contributed by atoms with Gasteiger partial charge in [0.15, 0.2) is 0 Å². The van der Waals surface area contributed by atoms with E-state index in [1.54, 1.807) is 18.2 Å². The third kappa shape index (κ3) is 5.94. The van der Waals surface area contributed by atoms with Gasteiger partial charge in [0.05, 0.1) is 32.0 Å². The Balaban J connectivity index is 1.72. The van der Waals surface area contributed by atoms with E-state index in [2.05, 4.69) is 10.6 Å². The number of carbonyl (C=O) groups is 2. The minimum atomic E-state index is -4.60. The zero-order valence-electron chi connectivity index (χ0n) is 18.1. The Morgan fingerprint density at radius 1 is 1.00 bits per heavy atom. The van der Waals surface area contributed by atoms with Gasteiger partial charge in [-0.2, -0.15) is 13.2 Å². The van der Waals surface area contributed by atoms with Gasteiger partial charge in [-0.15, -0.1) is 0 Å². The average Bonchev–Trinajstić information content (AvgIpc) is 2.80. The standard InChI is InChI=1S/C23H20F3N3O5/c1-33-17-7-8-18(19(11-17)34-2)27-22(32)28-21(31)15-5-3-4-14(10-15)12-29-13-16(23(24,25)26)6-9-20(29)30/h3-11,13H,12H2,1-2H3,(H2,27,28,31,32). The molecule has 3 rings (SSSR count). The zero-order chi connectivity index (χ0) is 24.9. The number of alkyl halides is 3. The first-order chi connectivity index (χ1) is 16.1. The first kappa shape index (κ1) is 24.4. The molecule has 0 atom stereocenters. The number of anilines is 1. The van der Waals surface area contributed by atoms with Crippen molar-refractivity contribution in [2.75, 3.05) is 19.5 Å². The molecule has 11 heteroatoms. The minimum Gasteiger partial charge on any atom is -0.497 e. The molecule has 1 aromatic heterocycles. The molecule has 0 fully saturated rings. The number of halogens is 3. The Labute approximate surface area is 191 Å². The zero-order valence-corrected chi connectivity index (χ0v) is 18.1. The van der Waals surface area contributed by atoms with E-state index in [9.17, 15) is 27.6 Å². The number of amides is 3. The van der Waals surface area contributed by atoms with Crippen LogP contribution in [0.5, 0.6) is 11.5 Å². The maximum atomic E-state index is 13.0. The molecule has 34 heavy (non-hydrogen) atoms. The summed E-state index contributed by atoms with van der Waals surface area (Å²) in [6.45, 7) is -0.195. The minimum absolute atomic E-state index is 0.0781. The van der Waals surface area contributed by atoms with Crippen LogP contribution in [0.3, 0.4) is 0 Å². The maximum absolute atomic E-state index is 13.0. The number of aromatic nitrogens is 1. The lowest BCUT2D eigenvalue weighted by atomic mass is 10.1. The van der Waals surface area contributed by atoms with Gasteiger partial charge >= 0.3 is 12.2 Å². The Morgan fingerprint density at radius 2 is 1.76 bits per heavy atom. The van der Waals surface area contributed by atoms with Gasteiger partial charge in [0.25, 0.3) is 11.5 Å². The van der Waals surface area contributed by atoms with E-state index < -0.39 is 29.2 Å². The second-order valence-corrected chi connectivity index (χ2v) is 7.06. The van der Waals surface area contributed by atoms with Crippen molar-refractivity contribution in [2.45, 2.75) is 12.7 Å². The molecule has 178 valence electrons. The van der Waals surface area contributed by atoms with Gasteiger partial charge < -0.3 is 19.4 Å². The monoisotopic (exact) mass is 475 g/mol. The highest BCUT2D eigenvalue weighted by Crippen LogP contribution is 2.29. The summed E-state index contributed by atoms with van der Waals surface area (Å²) in [7, 11) is 2.88. The number of ether oxygens (including phenoxy) is 2. The first-order valence-electron chi connectivity index (χ1n) is 9.81. The van der Waals surface area contributed by atoms with E-state index in [1.165, 1.54) is 38.5 Å². The van der Waals surface area contributed by atoms with Crippen LogP contribution in [0.15, 0.2) is 65.6 Å². The topological polar surface area (TPSA) is 98.7 Å². The average molecular weight is 475 g/mol. The number of pyridine rings is 1. The molecule has 0 unspecified atom stereocenters. The lowest BCUT2D eigenvalue weighted by Crippen LogP contribution is -2.34. The number of methoxy groups -OCH3 is 2. The third-order valence-electron chi connectivity index (χ3n) is 4.74. The molecule has 0 radical (unpaired) electrons. The van der Waals surface area contributed by atoms with Crippen LogP contribution in [0.1, 0.15) is 21.5 Å². The van der Waals surface area contributed by atoms with Crippen molar-refractivity contribution >= 4 is 17.6 Å². The molecule has 0 aliphatic heterocycles. The smallest absolute Gasteiger partial charge is 0.417 e. The number of carbonyl (C=O) groups excluding carboxylic acids is 2. The summed E-state index contributed by atoms with van der Waals surface area (Å²) < 4.78 is 50.0. The van der Waals surface area contributed by atoms with Gasteiger partial charge in [0, 0.05) is 23.9 Å². The maximum Gasteiger partial charge on any atom is 0.417 e. The SMILES string of the molecule is COc1ccc(NC(=O)NC(=O)c2cccc(Cn3cc(C(F)(F)F)ccc3=O)c2)c(OC)c1. The number of hydrogen-bond acceptors (Lipinski definition) is 5. The summed E-state index contributed by atoms with van der Waals surface area (Å²) >= 11 is 0. The molecular formula is C23H20F3N3O5. The van der Waals surface area contributed by atoms with E-state index >= 15 is 0 Å². The highest BCUT2D eigenvalue weighted by Gasteiger charge is 2.31. The molecule has 2 aromatic carbocycles. The summed E-state index contributed by atoms with van der Waals surface area (Å²) in [6.07, 6.45) is -3.89. The summed E-state index contributed by atoms with van der Waals surface area (Å²) in [6, 6.07) is 11.2. The number of imide groups is 1. The Kier molecular flexibility index (Phi) is 7.24. The van der Waals surface area contributed by atoms with Gasteiger partial charge in [-0.05, 0) is 35.9 Å². The van der Waals surface area contributed by atoms with E-state index in [1.807, 2.05) is 0 Å². The van der Waals surface area contributed by atoms with Gasteiger partial charge in [0.2, 0.25) is 0 Å². The molecule has 3 aromatic rings. The Hall–Kier alpha value is -4.28. The fraction of sp³-hybridized carbons (Fsp3) is 0.174. The molecule has 2 N–H and O–H groups in total. The molecule has 8 nitrogen and oxygen atoms in total. The first-order valence-corrected chi connectivity index (χ1v) is 9.81. The fourth-order valence-electron chi connectivity index (χ4n) is 3.06. The van der Waals surface area contributed by atoms with Gasteiger partial charge in [-0.25, -0.2) is 4.79 Å². The lowest BCUT2D eigenvalue weighted by molar-refractivity contribution is -0.138. The molecule has 3 amide bonds. The number of nitrogens with one attached hydrogen (secondary N) is 2. The van der Waals surface area contributed by atoms with Crippen LogP contribution in [0.4, 0.5) is 23.7 Å². The number of benzene rings is 2. The summed E-state index contributed by atoms with van der Waals surface area (Å²) in [5, 5.41) is 4.66. The third-order valence-corrected chi connectivity index (χ3v) is 4.74. The van der Waals surface area contributed by atoms with Crippen molar-refractivity contribution in [3.05, 3.63) is 87.8 Å². The van der Waals surface area contributed by atoms with Crippen LogP contribution in [-0.4, -0.2) is 30.7 Å². The number of urea groups is 1. The molecule has 0 saturated heterocycles. The lowest BCUT2D eigenvalue weighted by Gasteiger charge is -2.13. The highest BCUT2D eigenvalue weighted by molar-refractivity contribution is 6.08. The molecule has 1 heterocycles. The number of hydrogen-bond donors (Lipinski definition) is 2. The molecule has 0 spiro atoms. The van der Waals surface area contributed by atoms with Crippen molar-refractivity contribution in [1.82, 2.24) is 9.88 Å². The molecular weight excluding hydrogens is 455 g/mol. The largest absolute Gasteiger partial charge is 0.497 e. The van der Waals surface area contributed by atoms with Crippen LogP contribution in [0, 0.1) is 0 Å². The summed E-state index contributed by atoms with van der Waals surface area (Å²) in [5.74, 6) is 0.0780. The van der Waals surface area contributed by atoms with Crippen LogP contribution >= 0.6 is 0 Å². The van der Waals surface area contributed by atoms with Crippen LogP contribution < -0.4 is 25.7 Å². The Morgan fingerprint density at radius 3 is 2.44 bits per heavy atom. The second-order valence-electron chi connectivity index (χ2n) is 7.06. The molecule has 0 aliphatic rings. The van der Waals surface area contributed by atoms with E-state index in [0.717, 1.165) is 10.6 Å². The molecule has 0 bridgehead atoms. The van der Waals surface area contributed by atoms with Crippen molar-refractivity contribution in [3.63, 3.8) is 0 Å². The fourth-order valence-corrected chi connectivity index (χ4v) is 3.06. The van der Waals surface area contributed by atoms with Gasteiger partial charge in [-0.3, -0.25) is 14.9 Å². The number of nitrogens with zero attached hydrogens (tertiary/aromatic N) is 1. The quantitative estimate of drug-likeness (QED) is 0.564. The second kappa shape index (κ2) is 10.1. The molecule has 0 saturated carbocycles. The van der Waals surface area contributed by atoms with Crippen molar-refractivity contribution in [1.29, 1.82) is 0 Å². The van der Waals surface area contributed by atoms with Gasteiger partial charge in [0.1, 0.15) is 11.5 Å². The highest BCUT2D eigenvalue weighted by atomic mass is 19.4. The summed E-state index contributed by atoms with van der Waals surface area (Å²) in [5.41, 5.74) is -0.825. The summed E-state index contributed by atoms with van der Waals surface area (Å²) in [4.78, 5) is 36.8. The van der Waals surface area contributed by atoms with E-state index in [-0.39, 0.29) is 12.1 Å². The van der Waals surface area contributed by atoms with Gasteiger partial charge in [-0.1, -0.05) is 12.1 Å². The van der Waals surface area contributed by atoms with Crippen LogP contribution in [0.25, 0.3) is 0 Å². The van der Waals surface area contributed by atoms with E-state index in [0.29, 0.717) is 35.0 Å². The van der Waals surface area contributed by atoms with Crippen molar-refractivity contribution < 1.29 is 32.2 Å².